The highest BCUT2D eigenvalue weighted by Gasteiger charge is 2.18. The van der Waals surface area contributed by atoms with E-state index in [2.05, 4.69) is 15.4 Å². The molecule has 7 heteroatoms. The Kier molecular flexibility index (Phi) is 3.89. The molecule has 0 fully saturated rings. The van der Waals surface area contributed by atoms with Gasteiger partial charge in [0.05, 0.1) is 17.8 Å². The quantitative estimate of drug-likeness (QED) is 0.741. The molecule has 2 aromatic heterocycles. The average molecular weight is 329 g/mol. The van der Waals surface area contributed by atoms with Gasteiger partial charge in [0.2, 0.25) is 0 Å². The third-order valence-corrected chi connectivity index (χ3v) is 4.32. The van der Waals surface area contributed by atoms with Crippen molar-refractivity contribution in [3.63, 3.8) is 0 Å². The van der Waals surface area contributed by atoms with Crippen LogP contribution in [0.3, 0.4) is 0 Å². The minimum Gasteiger partial charge on any atom is -0.291 e. The van der Waals surface area contributed by atoms with Crippen molar-refractivity contribution in [1.29, 1.82) is 0 Å². The summed E-state index contributed by atoms with van der Waals surface area (Å²) in [5, 5.41) is 14.4. The zero-order chi connectivity index (χ0) is 16.6. The number of hydrogen-bond donors (Lipinski definition) is 0. The van der Waals surface area contributed by atoms with Gasteiger partial charge in [-0.25, -0.2) is 0 Å². The number of thiazole rings is 1. The third-order valence-electron chi connectivity index (χ3n) is 3.56. The van der Waals surface area contributed by atoms with Crippen LogP contribution in [0, 0.1) is 6.92 Å². The Morgan fingerprint density at radius 2 is 1.96 bits per heavy atom. The van der Waals surface area contributed by atoms with Crippen LogP contribution >= 0.6 is 11.3 Å². The number of hydrogen-bond acceptors (Lipinski definition) is 5. The van der Waals surface area contributed by atoms with Gasteiger partial charge in [-0.1, -0.05) is 35.6 Å². The summed E-state index contributed by atoms with van der Waals surface area (Å²) in [6, 6.07) is 8.02. The lowest BCUT2D eigenvalue weighted by Gasteiger charge is -2.15. The van der Waals surface area contributed by atoms with E-state index >= 15 is 0 Å². The van der Waals surface area contributed by atoms with E-state index < -0.39 is 0 Å². The fourth-order valence-corrected chi connectivity index (χ4v) is 3.04. The second-order valence-electron chi connectivity index (χ2n) is 6.45. The fourth-order valence-electron chi connectivity index (χ4n) is 2.28. The molecule has 3 rings (SSSR count). The Bertz CT molecular complexity index is 884. The highest BCUT2D eigenvalue weighted by Crippen LogP contribution is 2.24. The monoisotopic (exact) mass is 329 g/mol. The Labute approximate surface area is 138 Å². The van der Waals surface area contributed by atoms with Crippen molar-refractivity contribution in [2.24, 2.45) is 0 Å². The van der Waals surface area contributed by atoms with Gasteiger partial charge in [0, 0.05) is 10.9 Å². The Morgan fingerprint density at radius 1 is 1.22 bits per heavy atom. The summed E-state index contributed by atoms with van der Waals surface area (Å²) in [5.74, 6) is 0.537. The second kappa shape index (κ2) is 5.73. The third kappa shape index (κ3) is 3.10. The SMILES string of the molecule is Cc1ccccc1-c1csc(=O)n1Cc1nnn(C(C)(C)C)n1. The number of benzene rings is 1. The zero-order valence-electron chi connectivity index (χ0n) is 13.6. The molecule has 6 nitrogen and oxygen atoms in total. The number of rotatable bonds is 3. The van der Waals surface area contributed by atoms with Gasteiger partial charge in [-0.05, 0) is 38.5 Å². The first-order valence-electron chi connectivity index (χ1n) is 7.40. The van der Waals surface area contributed by atoms with Crippen LogP contribution in [0.1, 0.15) is 32.2 Å². The Morgan fingerprint density at radius 3 is 2.61 bits per heavy atom. The zero-order valence-corrected chi connectivity index (χ0v) is 14.5. The predicted molar refractivity (Wildman–Crippen MR) is 90.7 cm³/mol. The highest BCUT2D eigenvalue weighted by molar-refractivity contribution is 7.07. The minimum absolute atomic E-state index is 0.0182. The van der Waals surface area contributed by atoms with Crippen LogP contribution in [-0.4, -0.2) is 24.8 Å². The van der Waals surface area contributed by atoms with Gasteiger partial charge in [-0.2, -0.15) is 4.80 Å². The van der Waals surface area contributed by atoms with Crippen LogP contribution in [0.5, 0.6) is 0 Å². The molecule has 120 valence electrons. The van der Waals surface area contributed by atoms with Crippen LogP contribution in [-0.2, 0) is 12.1 Å². The fraction of sp³-hybridized carbons (Fsp3) is 0.375. The van der Waals surface area contributed by atoms with Crippen LogP contribution < -0.4 is 4.87 Å². The van der Waals surface area contributed by atoms with E-state index in [0.29, 0.717) is 12.4 Å². The summed E-state index contributed by atoms with van der Waals surface area (Å²) in [7, 11) is 0. The molecule has 0 amide bonds. The molecule has 0 unspecified atom stereocenters. The van der Waals surface area contributed by atoms with Crippen LogP contribution in [0.25, 0.3) is 11.3 Å². The van der Waals surface area contributed by atoms with Gasteiger partial charge in [-0.3, -0.25) is 9.36 Å². The van der Waals surface area contributed by atoms with Gasteiger partial charge < -0.3 is 0 Å². The predicted octanol–water partition coefficient (Wildman–Crippen LogP) is 2.68. The molecule has 0 aliphatic heterocycles. The first-order chi connectivity index (χ1) is 10.9. The van der Waals surface area contributed by atoms with Crippen LogP contribution in [0.2, 0.25) is 0 Å². The maximum atomic E-state index is 12.2. The smallest absolute Gasteiger partial charge is 0.291 e. The highest BCUT2D eigenvalue weighted by atomic mass is 32.1. The van der Waals surface area contributed by atoms with E-state index in [-0.39, 0.29) is 10.4 Å². The standard InChI is InChI=1S/C16H19N5OS/c1-11-7-5-6-8-12(11)13-10-23-15(22)20(13)9-14-17-19-21(18-14)16(2,3)4/h5-8,10H,9H2,1-4H3. The number of tetrazole rings is 1. The summed E-state index contributed by atoms with van der Waals surface area (Å²) in [6.07, 6.45) is 0. The molecule has 0 saturated carbocycles. The first-order valence-corrected chi connectivity index (χ1v) is 8.28. The summed E-state index contributed by atoms with van der Waals surface area (Å²) >= 11 is 1.19. The molecule has 0 radical (unpaired) electrons. The molecule has 0 aliphatic carbocycles. The van der Waals surface area contributed by atoms with Crippen LogP contribution in [0.4, 0.5) is 0 Å². The molecular formula is C16H19N5OS. The van der Waals surface area contributed by atoms with Crippen molar-refractivity contribution in [2.75, 3.05) is 0 Å². The van der Waals surface area contributed by atoms with Crippen molar-refractivity contribution >= 4 is 11.3 Å². The molecule has 1 aromatic carbocycles. The maximum absolute atomic E-state index is 12.2. The van der Waals surface area contributed by atoms with E-state index in [4.69, 9.17) is 0 Å². The maximum Gasteiger partial charge on any atom is 0.307 e. The minimum atomic E-state index is -0.232. The molecule has 0 saturated heterocycles. The first kappa shape index (κ1) is 15.6. The summed E-state index contributed by atoms with van der Waals surface area (Å²) < 4.78 is 1.71. The van der Waals surface area contributed by atoms with Crippen molar-refractivity contribution in [3.05, 3.63) is 50.7 Å². The summed E-state index contributed by atoms with van der Waals surface area (Å²) in [6.45, 7) is 8.38. The van der Waals surface area contributed by atoms with E-state index in [0.717, 1.165) is 16.8 Å². The molecular weight excluding hydrogens is 310 g/mol. The lowest BCUT2D eigenvalue weighted by atomic mass is 10.1. The van der Waals surface area contributed by atoms with Crippen LogP contribution in [0.15, 0.2) is 34.4 Å². The lowest BCUT2D eigenvalue weighted by Crippen LogP contribution is -2.25. The Hall–Kier alpha value is -2.28. The largest absolute Gasteiger partial charge is 0.307 e. The van der Waals surface area contributed by atoms with Gasteiger partial charge in [0.1, 0.15) is 0 Å². The van der Waals surface area contributed by atoms with E-state index in [1.165, 1.54) is 11.3 Å². The van der Waals surface area contributed by atoms with E-state index in [1.807, 2.05) is 57.3 Å². The van der Waals surface area contributed by atoms with Gasteiger partial charge >= 0.3 is 4.87 Å². The Balaban J connectivity index is 1.99. The second-order valence-corrected chi connectivity index (χ2v) is 7.27. The molecule has 23 heavy (non-hydrogen) atoms. The molecule has 0 aliphatic rings. The van der Waals surface area contributed by atoms with Gasteiger partial charge in [-0.15, -0.1) is 10.2 Å². The average Bonchev–Trinajstić information content (AvgIpc) is 3.08. The molecule has 2 heterocycles. The molecule has 3 aromatic rings. The normalized spacial score (nSPS) is 11.8. The lowest BCUT2D eigenvalue weighted by molar-refractivity contribution is 0.305. The van der Waals surface area contributed by atoms with E-state index in [1.54, 1.807) is 9.36 Å². The van der Waals surface area contributed by atoms with Gasteiger partial charge in [0.15, 0.2) is 5.82 Å². The molecule has 0 N–H and O–H groups in total. The summed E-state index contributed by atoms with van der Waals surface area (Å²) in [5.41, 5.74) is 2.84. The van der Waals surface area contributed by atoms with Gasteiger partial charge in [0.25, 0.3) is 0 Å². The molecule has 0 atom stereocenters. The number of aromatic nitrogens is 5. The van der Waals surface area contributed by atoms with Crippen molar-refractivity contribution in [3.8, 4) is 11.3 Å². The number of nitrogens with zero attached hydrogens (tertiary/aromatic N) is 5. The van der Waals surface area contributed by atoms with E-state index in [9.17, 15) is 4.79 Å². The number of aryl methyl sites for hydroxylation is 1. The van der Waals surface area contributed by atoms with Crippen molar-refractivity contribution in [1.82, 2.24) is 24.8 Å². The van der Waals surface area contributed by atoms with Crippen molar-refractivity contribution < 1.29 is 0 Å². The molecule has 0 bridgehead atoms. The summed E-state index contributed by atoms with van der Waals surface area (Å²) in [4.78, 5) is 13.8. The van der Waals surface area contributed by atoms with Crippen molar-refractivity contribution in [2.45, 2.75) is 39.8 Å². The molecule has 0 spiro atoms. The topological polar surface area (TPSA) is 65.6 Å².